The van der Waals surface area contributed by atoms with E-state index in [-0.39, 0.29) is 17.1 Å². The molecule has 1 rings (SSSR count). The fraction of sp³-hybridized carbons (Fsp3) is 0.571. The van der Waals surface area contributed by atoms with Crippen LogP contribution in [-0.4, -0.2) is 18.2 Å². The van der Waals surface area contributed by atoms with Gasteiger partial charge in [-0.3, -0.25) is 9.59 Å². The zero-order valence-electron chi connectivity index (χ0n) is 11.5. The lowest BCUT2D eigenvalue weighted by atomic mass is 9.92. The Morgan fingerprint density at radius 2 is 1.94 bits per heavy atom. The predicted molar refractivity (Wildman–Crippen MR) is 75.1 cm³/mol. The van der Waals surface area contributed by atoms with Crippen LogP contribution in [0, 0.1) is 5.41 Å². The van der Waals surface area contributed by atoms with Gasteiger partial charge in [0.1, 0.15) is 0 Å². The van der Waals surface area contributed by atoms with Gasteiger partial charge in [0.2, 0.25) is 5.91 Å². The van der Waals surface area contributed by atoms with Crippen molar-refractivity contribution in [3.05, 3.63) is 21.9 Å². The Morgan fingerprint density at radius 1 is 1.28 bits per heavy atom. The van der Waals surface area contributed by atoms with E-state index in [1.807, 2.05) is 32.9 Å². The number of carbonyl (C=O) groups is 2. The highest BCUT2D eigenvalue weighted by Gasteiger charge is 2.15. The monoisotopic (exact) mass is 267 g/mol. The van der Waals surface area contributed by atoms with Gasteiger partial charge in [-0.1, -0.05) is 20.8 Å². The molecular formula is C14H21NO2S. The summed E-state index contributed by atoms with van der Waals surface area (Å²) in [6, 6.07) is 3.80. The fourth-order valence-electron chi connectivity index (χ4n) is 1.57. The molecule has 100 valence electrons. The molecular weight excluding hydrogens is 246 g/mol. The van der Waals surface area contributed by atoms with E-state index in [1.54, 1.807) is 6.92 Å². The molecule has 0 aliphatic heterocycles. The number of nitrogens with one attached hydrogen (secondary N) is 1. The summed E-state index contributed by atoms with van der Waals surface area (Å²) < 4.78 is 0. The molecule has 1 aromatic rings. The molecule has 0 aliphatic rings. The van der Waals surface area contributed by atoms with Crippen LogP contribution in [0.2, 0.25) is 0 Å². The van der Waals surface area contributed by atoms with Crippen LogP contribution >= 0.6 is 11.3 Å². The fourth-order valence-corrected chi connectivity index (χ4v) is 2.47. The van der Waals surface area contributed by atoms with Gasteiger partial charge >= 0.3 is 0 Å². The lowest BCUT2D eigenvalue weighted by Crippen LogP contribution is -2.29. The van der Waals surface area contributed by atoms with E-state index >= 15 is 0 Å². The Morgan fingerprint density at radius 3 is 2.44 bits per heavy atom. The molecule has 1 amide bonds. The van der Waals surface area contributed by atoms with Gasteiger partial charge in [0, 0.05) is 17.8 Å². The van der Waals surface area contributed by atoms with Gasteiger partial charge in [-0.05, 0) is 30.9 Å². The first-order valence-electron chi connectivity index (χ1n) is 6.14. The van der Waals surface area contributed by atoms with Crippen molar-refractivity contribution >= 4 is 23.0 Å². The summed E-state index contributed by atoms with van der Waals surface area (Å²) in [5, 5.41) is 2.91. The van der Waals surface area contributed by atoms with Crippen LogP contribution in [0.15, 0.2) is 12.1 Å². The highest BCUT2D eigenvalue weighted by atomic mass is 32.1. The summed E-state index contributed by atoms with van der Waals surface area (Å²) in [7, 11) is 0. The molecule has 4 heteroatoms. The summed E-state index contributed by atoms with van der Waals surface area (Å²) in [5.41, 5.74) is 0.0226. The van der Waals surface area contributed by atoms with Crippen molar-refractivity contribution in [3.63, 3.8) is 0 Å². The van der Waals surface area contributed by atoms with Crippen molar-refractivity contribution in [1.29, 1.82) is 0 Å². The maximum absolute atomic E-state index is 11.6. The molecule has 0 saturated heterocycles. The Hall–Kier alpha value is -1.16. The highest BCUT2D eigenvalue weighted by Crippen LogP contribution is 2.18. The molecule has 0 aliphatic carbocycles. The first-order valence-corrected chi connectivity index (χ1v) is 6.96. The summed E-state index contributed by atoms with van der Waals surface area (Å²) in [4.78, 5) is 24.7. The van der Waals surface area contributed by atoms with Crippen LogP contribution in [0.3, 0.4) is 0 Å². The standard InChI is InChI=1S/C14H21NO2S/c1-10(16)12-6-5-11(18-12)7-8-15-13(17)9-14(2,3)4/h5-6H,7-9H2,1-4H3,(H,15,17). The number of thiophene rings is 1. The third-order valence-corrected chi connectivity index (χ3v) is 3.64. The minimum Gasteiger partial charge on any atom is -0.356 e. The maximum atomic E-state index is 11.6. The number of rotatable bonds is 5. The van der Waals surface area contributed by atoms with Crippen LogP contribution in [-0.2, 0) is 11.2 Å². The van der Waals surface area contributed by atoms with E-state index in [9.17, 15) is 9.59 Å². The van der Waals surface area contributed by atoms with Crippen LogP contribution in [0.1, 0.15) is 48.7 Å². The van der Waals surface area contributed by atoms with Crippen molar-refractivity contribution in [1.82, 2.24) is 5.32 Å². The van der Waals surface area contributed by atoms with Crippen LogP contribution in [0.5, 0.6) is 0 Å². The topological polar surface area (TPSA) is 46.2 Å². The van der Waals surface area contributed by atoms with Crippen LogP contribution < -0.4 is 5.32 Å². The van der Waals surface area contributed by atoms with Gasteiger partial charge in [0.05, 0.1) is 4.88 Å². The summed E-state index contributed by atoms with van der Waals surface area (Å²) in [6.07, 6.45) is 1.32. The van der Waals surface area contributed by atoms with E-state index in [4.69, 9.17) is 0 Å². The summed E-state index contributed by atoms with van der Waals surface area (Å²) >= 11 is 1.50. The van der Waals surface area contributed by atoms with Crippen molar-refractivity contribution in [2.45, 2.75) is 40.5 Å². The van der Waals surface area contributed by atoms with E-state index in [0.29, 0.717) is 13.0 Å². The summed E-state index contributed by atoms with van der Waals surface area (Å²) in [6.45, 7) is 8.34. The second-order valence-electron chi connectivity index (χ2n) is 5.66. The predicted octanol–water partition coefficient (Wildman–Crippen LogP) is 3.05. The molecule has 0 saturated carbocycles. The van der Waals surface area contributed by atoms with Crippen molar-refractivity contribution in [2.75, 3.05) is 6.54 Å². The number of hydrogen-bond acceptors (Lipinski definition) is 3. The third-order valence-electron chi connectivity index (χ3n) is 2.39. The van der Waals surface area contributed by atoms with E-state index in [2.05, 4.69) is 5.32 Å². The lowest BCUT2D eigenvalue weighted by molar-refractivity contribution is -0.122. The summed E-state index contributed by atoms with van der Waals surface area (Å²) in [5.74, 6) is 0.189. The minimum absolute atomic E-state index is 0.0226. The normalized spacial score (nSPS) is 11.3. The first-order chi connectivity index (χ1) is 8.28. The number of amides is 1. The molecule has 0 bridgehead atoms. The number of carbonyl (C=O) groups excluding carboxylic acids is 2. The zero-order chi connectivity index (χ0) is 13.8. The Kier molecular flexibility index (Phi) is 5.08. The van der Waals surface area contributed by atoms with Gasteiger partial charge in [-0.2, -0.15) is 0 Å². The maximum Gasteiger partial charge on any atom is 0.220 e. The van der Waals surface area contributed by atoms with Crippen molar-refractivity contribution in [3.8, 4) is 0 Å². The van der Waals surface area contributed by atoms with Crippen molar-refractivity contribution in [2.24, 2.45) is 5.41 Å². The van der Waals surface area contributed by atoms with Gasteiger partial charge in [0.15, 0.2) is 5.78 Å². The first kappa shape index (κ1) is 14.9. The Bertz CT molecular complexity index is 429. The average Bonchev–Trinajstić information content (AvgIpc) is 2.63. The number of ketones is 1. The molecule has 0 spiro atoms. The van der Waals surface area contributed by atoms with Gasteiger partial charge < -0.3 is 5.32 Å². The second kappa shape index (κ2) is 6.14. The smallest absolute Gasteiger partial charge is 0.220 e. The second-order valence-corrected chi connectivity index (χ2v) is 6.83. The van der Waals surface area contributed by atoms with Crippen LogP contribution in [0.4, 0.5) is 0 Å². The van der Waals surface area contributed by atoms with Crippen LogP contribution in [0.25, 0.3) is 0 Å². The molecule has 18 heavy (non-hydrogen) atoms. The molecule has 1 aromatic heterocycles. The zero-order valence-corrected chi connectivity index (χ0v) is 12.3. The van der Waals surface area contributed by atoms with Crippen molar-refractivity contribution < 1.29 is 9.59 Å². The highest BCUT2D eigenvalue weighted by molar-refractivity contribution is 7.14. The average molecular weight is 267 g/mol. The molecule has 0 atom stereocenters. The van der Waals surface area contributed by atoms with E-state index in [1.165, 1.54) is 11.3 Å². The molecule has 1 N–H and O–H groups in total. The number of hydrogen-bond donors (Lipinski definition) is 1. The molecule has 0 aromatic carbocycles. The lowest BCUT2D eigenvalue weighted by Gasteiger charge is -2.17. The SMILES string of the molecule is CC(=O)c1ccc(CCNC(=O)CC(C)(C)C)s1. The molecule has 1 heterocycles. The molecule has 0 unspecified atom stereocenters. The van der Waals surface area contributed by atoms with Gasteiger partial charge in [-0.15, -0.1) is 11.3 Å². The number of Topliss-reactive ketones (excluding diaryl/α,β-unsaturated/α-hetero) is 1. The van der Waals surface area contributed by atoms with Gasteiger partial charge in [0.25, 0.3) is 0 Å². The largest absolute Gasteiger partial charge is 0.356 e. The molecule has 0 radical (unpaired) electrons. The third kappa shape index (κ3) is 5.45. The Labute approximate surface area is 113 Å². The molecule has 0 fully saturated rings. The van der Waals surface area contributed by atoms with E-state index < -0.39 is 0 Å². The van der Waals surface area contributed by atoms with Gasteiger partial charge in [-0.25, -0.2) is 0 Å². The van der Waals surface area contributed by atoms with E-state index in [0.717, 1.165) is 16.2 Å². The quantitative estimate of drug-likeness (QED) is 0.833. The minimum atomic E-state index is 0.0226. The molecule has 3 nitrogen and oxygen atoms in total. The Balaban J connectivity index is 2.33.